The Hall–Kier alpha value is -1.92. The monoisotopic (exact) mass is 400 g/mol. The molecule has 2 aliphatic heterocycles. The molecule has 1 aromatic rings. The van der Waals surface area contributed by atoms with E-state index in [0.717, 1.165) is 50.4 Å². The molecule has 1 aromatic carbocycles. The van der Waals surface area contributed by atoms with E-state index < -0.39 is 0 Å². The summed E-state index contributed by atoms with van der Waals surface area (Å²) in [5, 5.41) is 0. The molecule has 160 valence electrons. The van der Waals surface area contributed by atoms with Crippen molar-refractivity contribution in [1.82, 2.24) is 19.6 Å². The smallest absolute Gasteiger partial charge is 0.254 e. The first-order valence-electron chi connectivity index (χ1n) is 11.1. The van der Waals surface area contributed by atoms with Crippen molar-refractivity contribution >= 4 is 11.8 Å². The molecule has 1 unspecified atom stereocenters. The van der Waals surface area contributed by atoms with E-state index in [1.807, 2.05) is 41.0 Å². The first-order chi connectivity index (χ1) is 14.0. The van der Waals surface area contributed by atoms with E-state index in [1.54, 1.807) is 0 Å². The minimum Gasteiger partial charge on any atom is -0.339 e. The van der Waals surface area contributed by atoms with Crippen molar-refractivity contribution in [3.63, 3.8) is 0 Å². The first kappa shape index (κ1) is 21.8. The summed E-state index contributed by atoms with van der Waals surface area (Å²) in [4.78, 5) is 34.1. The summed E-state index contributed by atoms with van der Waals surface area (Å²) >= 11 is 0. The van der Waals surface area contributed by atoms with Crippen LogP contribution in [-0.4, -0.2) is 96.4 Å². The quantitative estimate of drug-likeness (QED) is 0.734. The van der Waals surface area contributed by atoms with Crippen LogP contribution < -0.4 is 0 Å². The van der Waals surface area contributed by atoms with Crippen LogP contribution in [0.4, 0.5) is 0 Å². The van der Waals surface area contributed by atoms with Crippen molar-refractivity contribution in [2.24, 2.45) is 0 Å². The molecule has 2 aliphatic rings. The van der Waals surface area contributed by atoms with Gasteiger partial charge in [-0.1, -0.05) is 31.5 Å². The van der Waals surface area contributed by atoms with Gasteiger partial charge in [-0.3, -0.25) is 19.4 Å². The molecule has 3 rings (SSSR count). The Morgan fingerprint density at radius 2 is 1.55 bits per heavy atom. The van der Waals surface area contributed by atoms with E-state index in [-0.39, 0.29) is 11.8 Å². The van der Waals surface area contributed by atoms with E-state index in [2.05, 4.69) is 23.6 Å². The molecule has 0 spiro atoms. The number of benzene rings is 1. The summed E-state index contributed by atoms with van der Waals surface area (Å²) in [6.07, 6.45) is 2.43. The number of rotatable bonds is 6. The predicted octanol–water partition coefficient (Wildman–Crippen LogP) is 2.09. The maximum absolute atomic E-state index is 12.8. The molecule has 0 aliphatic carbocycles. The van der Waals surface area contributed by atoms with Crippen LogP contribution in [0.5, 0.6) is 0 Å². The third-order valence-corrected chi connectivity index (χ3v) is 6.39. The summed E-state index contributed by atoms with van der Waals surface area (Å²) in [6.45, 7) is 13.5. The Bertz CT molecular complexity index is 692. The second-order valence-electron chi connectivity index (χ2n) is 8.44. The van der Waals surface area contributed by atoms with Crippen LogP contribution in [0.15, 0.2) is 24.3 Å². The molecule has 0 saturated carbocycles. The number of hydrogen-bond acceptors (Lipinski definition) is 4. The van der Waals surface area contributed by atoms with E-state index in [9.17, 15) is 9.59 Å². The van der Waals surface area contributed by atoms with Crippen molar-refractivity contribution in [2.45, 2.75) is 39.7 Å². The fraction of sp³-hybridized carbons (Fsp3) is 0.652. The topological polar surface area (TPSA) is 47.1 Å². The highest BCUT2D eigenvalue weighted by atomic mass is 16.2. The maximum atomic E-state index is 12.8. The van der Waals surface area contributed by atoms with Crippen molar-refractivity contribution < 1.29 is 9.59 Å². The van der Waals surface area contributed by atoms with Gasteiger partial charge in [0.15, 0.2) is 0 Å². The summed E-state index contributed by atoms with van der Waals surface area (Å²) < 4.78 is 0. The minimum atomic E-state index is 0.103. The fourth-order valence-electron chi connectivity index (χ4n) is 4.40. The number of carbonyl (C=O) groups is 2. The Morgan fingerprint density at radius 1 is 0.931 bits per heavy atom. The van der Waals surface area contributed by atoms with Crippen molar-refractivity contribution in [3.8, 4) is 0 Å². The van der Waals surface area contributed by atoms with Gasteiger partial charge >= 0.3 is 0 Å². The SMILES string of the molecule is CCCC(C)N1CCN(C(=O)CN2CCN(C(=O)c3ccccc3C)CC2)CC1. The van der Waals surface area contributed by atoms with Gasteiger partial charge in [0.25, 0.3) is 5.91 Å². The van der Waals surface area contributed by atoms with Crippen molar-refractivity contribution in [3.05, 3.63) is 35.4 Å². The maximum Gasteiger partial charge on any atom is 0.254 e. The molecule has 0 N–H and O–H groups in total. The van der Waals surface area contributed by atoms with Crippen LogP contribution in [0.3, 0.4) is 0 Å². The minimum absolute atomic E-state index is 0.103. The number of carbonyl (C=O) groups excluding carboxylic acids is 2. The third kappa shape index (κ3) is 5.58. The summed E-state index contributed by atoms with van der Waals surface area (Å²) in [6, 6.07) is 8.35. The number of aryl methyl sites for hydroxylation is 1. The number of nitrogens with zero attached hydrogens (tertiary/aromatic N) is 4. The second-order valence-corrected chi connectivity index (χ2v) is 8.44. The van der Waals surface area contributed by atoms with Crippen molar-refractivity contribution in [1.29, 1.82) is 0 Å². The molecule has 2 fully saturated rings. The van der Waals surface area contributed by atoms with Gasteiger partial charge in [0, 0.05) is 64.0 Å². The zero-order chi connectivity index (χ0) is 20.8. The fourth-order valence-corrected chi connectivity index (χ4v) is 4.40. The lowest BCUT2D eigenvalue weighted by atomic mass is 10.1. The largest absolute Gasteiger partial charge is 0.339 e. The third-order valence-electron chi connectivity index (χ3n) is 6.39. The Morgan fingerprint density at radius 3 is 2.17 bits per heavy atom. The molecular weight excluding hydrogens is 364 g/mol. The second kappa shape index (κ2) is 10.2. The Labute approximate surface area is 175 Å². The van der Waals surface area contributed by atoms with Gasteiger partial charge < -0.3 is 9.80 Å². The average Bonchev–Trinajstić information content (AvgIpc) is 2.74. The van der Waals surface area contributed by atoms with E-state index >= 15 is 0 Å². The highest BCUT2D eigenvalue weighted by Crippen LogP contribution is 2.14. The zero-order valence-electron chi connectivity index (χ0n) is 18.3. The lowest BCUT2D eigenvalue weighted by Gasteiger charge is -2.39. The van der Waals surface area contributed by atoms with Crippen LogP contribution in [0.1, 0.15) is 42.6 Å². The van der Waals surface area contributed by atoms with Crippen LogP contribution in [0.2, 0.25) is 0 Å². The molecular formula is C23H36N4O2. The van der Waals surface area contributed by atoms with Gasteiger partial charge in [-0.05, 0) is 31.9 Å². The zero-order valence-corrected chi connectivity index (χ0v) is 18.3. The van der Waals surface area contributed by atoms with Crippen LogP contribution in [0.25, 0.3) is 0 Å². The number of piperazine rings is 2. The Kier molecular flexibility index (Phi) is 7.67. The highest BCUT2D eigenvalue weighted by molar-refractivity contribution is 5.95. The van der Waals surface area contributed by atoms with Crippen LogP contribution in [-0.2, 0) is 4.79 Å². The van der Waals surface area contributed by atoms with Gasteiger partial charge in [0.05, 0.1) is 6.54 Å². The summed E-state index contributed by atoms with van der Waals surface area (Å²) in [7, 11) is 0. The normalized spacial score (nSPS) is 20.0. The summed E-state index contributed by atoms with van der Waals surface area (Å²) in [5.41, 5.74) is 1.80. The molecule has 0 radical (unpaired) electrons. The lowest BCUT2D eigenvalue weighted by Crippen LogP contribution is -2.55. The van der Waals surface area contributed by atoms with Gasteiger partial charge in [0.2, 0.25) is 5.91 Å². The molecule has 6 heteroatoms. The van der Waals surface area contributed by atoms with E-state index in [4.69, 9.17) is 0 Å². The molecule has 1 atom stereocenters. The molecule has 2 heterocycles. The van der Waals surface area contributed by atoms with Gasteiger partial charge in [-0.2, -0.15) is 0 Å². The lowest BCUT2D eigenvalue weighted by molar-refractivity contribution is -0.134. The highest BCUT2D eigenvalue weighted by Gasteiger charge is 2.27. The van der Waals surface area contributed by atoms with Crippen molar-refractivity contribution in [2.75, 3.05) is 58.9 Å². The standard InChI is InChI=1S/C23H36N4O2/c1-4-7-20(3)25-14-16-26(17-15-25)22(28)18-24-10-12-27(13-11-24)23(29)21-9-6-5-8-19(21)2/h5-6,8-9,20H,4,7,10-18H2,1-3H3. The Balaban J connectivity index is 1.42. The van der Waals surface area contributed by atoms with E-state index in [1.165, 1.54) is 12.8 Å². The van der Waals surface area contributed by atoms with Crippen LogP contribution >= 0.6 is 0 Å². The van der Waals surface area contributed by atoms with Gasteiger partial charge in [0.1, 0.15) is 0 Å². The average molecular weight is 401 g/mol. The van der Waals surface area contributed by atoms with E-state index in [0.29, 0.717) is 25.7 Å². The first-order valence-corrected chi connectivity index (χ1v) is 11.1. The molecule has 2 saturated heterocycles. The number of hydrogen-bond donors (Lipinski definition) is 0. The van der Waals surface area contributed by atoms with Gasteiger partial charge in [-0.25, -0.2) is 0 Å². The molecule has 0 aromatic heterocycles. The van der Waals surface area contributed by atoms with Crippen LogP contribution in [0, 0.1) is 6.92 Å². The number of amides is 2. The van der Waals surface area contributed by atoms with Gasteiger partial charge in [-0.15, -0.1) is 0 Å². The molecule has 2 amide bonds. The molecule has 6 nitrogen and oxygen atoms in total. The molecule has 0 bridgehead atoms. The molecule has 29 heavy (non-hydrogen) atoms. The predicted molar refractivity (Wildman–Crippen MR) is 116 cm³/mol. The summed E-state index contributed by atoms with van der Waals surface area (Å²) in [5.74, 6) is 0.331.